The van der Waals surface area contributed by atoms with E-state index in [1.807, 2.05) is 4.90 Å². The van der Waals surface area contributed by atoms with Crippen LogP contribution in [0.25, 0.3) is 0 Å². The van der Waals surface area contributed by atoms with Crippen molar-refractivity contribution < 1.29 is 4.79 Å². The van der Waals surface area contributed by atoms with Crippen LogP contribution in [0.2, 0.25) is 0 Å². The summed E-state index contributed by atoms with van der Waals surface area (Å²) in [5.74, 6) is 1.02. The molecule has 4 N–H and O–H groups in total. The summed E-state index contributed by atoms with van der Waals surface area (Å²) in [6.07, 6.45) is 1.87. The maximum absolute atomic E-state index is 12.5. The van der Waals surface area contributed by atoms with Gasteiger partial charge >= 0.3 is 0 Å². The van der Waals surface area contributed by atoms with Gasteiger partial charge in [0, 0.05) is 18.2 Å². The Morgan fingerprint density at radius 3 is 2.10 bits per heavy atom. The van der Waals surface area contributed by atoms with Crippen LogP contribution in [-0.2, 0) is 4.79 Å². The lowest BCUT2D eigenvalue weighted by molar-refractivity contribution is -0.132. The van der Waals surface area contributed by atoms with Crippen LogP contribution in [0.1, 0.15) is 40.5 Å². The van der Waals surface area contributed by atoms with Crippen molar-refractivity contribution in [3.8, 4) is 0 Å². The zero-order valence-corrected chi connectivity index (χ0v) is 14.0. The van der Waals surface area contributed by atoms with Crippen LogP contribution in [0.3, 0.4) is 0 Å². The zero-order valence-electron chi connectivity index (χ0n) is 13.2. The third kappa shape index (κ3) is 5.08. The molecule has 0 aliphatic heterocycles. The van der Waals surface area contributed by atoms with E-state index in [0.717, 1.165) is 12.8 Å². The van der Waals surface area contributed by atoms with Gasteiger partial charge in [-0.1, -0.05) is 25.6 Å². The van der Waals surface area contributed by atoms with Crippen molar-refractivity contribution in [2.75, 3.05) is 17.2 Å². The van der Waals surface area contributed by atoms with Crippen LogP contribution in [0, 0.1) is 0 Å². The first-order chi connectivity index (χ1) is 9.88. The average Bonchev–Trinajstić information content (AvgIpc) is 2.43. The van der Waals surface area contributed by atoms with Crippen LogP contribution >= 0.6 is 11.8 Å². The highest BCUT2D eigenvalue weighted by Crippen LogP contribution is 2.19. The van der Waals surface area contributed by atoms with Gasteiger partial charge in [-0.25, -0.2) is 9.97 Å². The SMILES string of the molecule is CC[C@@H](C)N(C(=O)CSc1nc(N)cc(N)n1)[C@@H](C)CC. The fraction of sp³-hybridized carbons (Fsp3) is 0.643. The molecule has 1 aromatic heterocycles. The molecule has 6 nitrogen and oxygen atoms in total. The first kappa shape index (κ1) is 17.6. The molecule has 0 radical (unpaired) electrons. The Bertz CT molecular complexity index is 452. The van der Waals surface area contributed by atoms with E-state index in [1.165, 1.54) is 17.8 Å². The molecule has 0 saturated heterocycles. The standard InChI is InChI=1S/C14H25N5OS/c1-5-9(3)19(10(4)6-2)13(20)8-21-14-17-11(15)7-12(16)18-14/h7,9-10H,5-6,8H2,1-4H3,(H4,15,16,17,18)/t9-,10+. The molecule has 0 aromatic carbocycles. The lowest BCUT2D eigenvalue weighted by atomic mass is 10.1. The molecule has 1 rings (SSSR count). The van der Waals surface area contributed by atoms with Crippen molar-refractivity contribution in [2.24, 2.45) is 0 Å². The fourth-order valence-electron chi connectivity index (χ4n) is 2.05. The Morgan fingerprint density at radius 1 is 1.19 bits per heavy atom. The minimum absolute atomic E-state index is 0.0910. The molecule has 0 saturated carbocycles. The number of nitrogens with zero attached hydrogens (tertiary/aromatic N) is 3. The van der Waals surface area contributed by atoms with Crippen molar-refractivity contribution in [3.63, 3.8) is 0 Å². The fourth-order valence-corrected chi connectivity index (χ4v) is 2.79. The van der Waals surface area contributed by atoms with Gasteiger partial charge in [0.1, 0.15) is 11.6 Å². The molecule has 1 aromatic rings. The first-order valence-corrected chi connectivity index (χ1v) is 8.21. The largest absolute Gasteiger partial charge is 0.383 e. The Morgan fingerprint density at radius 2 is 1.67 bits per heavy atom. The molecule has 7 heteroatoms. The molecule has 0 spiro atoms. The molecule has 118 valence electrons. The number of nitrogen functional groups attached to an aromatic ring is 2. The number of carbonyl (C=O) groups is 1. The average molecular weight is 311 g/mol. The van der Waals surface area contributed by atoms with Gasteiger partial charge in [0.15, 0.2) is 5.16 Å². The van der Waals surface area contributed by atoms with E-state index in [4.69, 9.17) is 11.5 Å². The van der Waals surface area contributed by atoms with Crippen molar-refractivity contribution in [1.29, 1.82) is 0 Å². The molecule has 0 unspecified atom stereocenters. The molecular formula is C14H25N5OS. The highest BCUT2D eigenvalue weighted by molar-refractivity contribution is 7.99. The lowest BCUT2D eigenvalue weighted by Crippen LogP contribution is -2.45. The highest BCUT2D eigenvalue weighted by atomic mass is 32.2. The maximum Gasteiger partial charge on any atom is 0.233 e. The van der Waals surface area contributed by atoms with Gasteiger partial charge in [0.2, 0.25) is 5.91 Å². The molecule has 0 fully saturated rings. The van der Waals surface area contributed by atoms with Crippen molar-refractivity contribution in [3.05, 3.63) is 6.07 Å². The van der Waals surface area contributed by atoms with Gasteiger partial charge in [0.05, 0.1) is 5.75 Å². The highest BCUT2D eigenvalue weighted by Gasteiger charge is 2.23. The van der Waals surface area contributed by atoms with Crippen LogP contribution < -0.4 is 11.5 Å². The monoisotopic (exact) mass is 311 g/mol. The van der Waals surface area contributed by atoms with Gasteiger partial charge in [-0.05, 0) is 26.7 Å². The second-order valence-corrected chi connectivity index (χ2v) is 6.05. The molecular weight excluding hydrogens is 286 g/mol. The van der Waals surface area contributed by atoms with Crippen LogP contribution in [0.5, 0.6) is 0 Å². The van der Waals surface area contributed by atoms with E-state index in [-0.39, 0.29) is 23.7 Å². The minimum Gasteiger partial charge on any atom is -0.383 e. The van der Waals surface area contributed by atoms with Crippen LogP contribution in [0.4, 0.5) is 11.6 Å². The topological polar surface area (TPSA) is 98.1 Å². The number of aromatic nitrogens is 2. The molecule has 0 aliphatic rings. The normalized spacial score (nSPS) is 13.7. The van der Waals surface area contributed by atoms with Crippen molar-refractivity contribution in [2.45, 2.75) is 57.8 Å². The van der Waals surface area contributed by atoms with Gasteiger partial charge in [-0.3, -0.25) is 4.79 Å². The van der Waals surface area contributed by atoms with E-state index >= 15 is 0 Å². The smallest absolute Gasteiger partial charge is 0.233 e. The summed E-state index contributed by atoms with van der Waals surface area (Å²) in [6.45, 7) is 8.32. The molecule has 0 aliphatic carbocycles. The molecule has 2 atom stereocenters. The first-order valence-electron chi connectivity index (χ1n) is 7.23. The Balaban J connectivity index is 2.73. The van der Waals surface area contributed by atoms with Crippen molar-refractivity contribution >= 4 is 29.3 Å². The molecule has 1 amide bonds. The summed E-state index contributed by atoms with van der Waals surface area (Å²) in [5, 5.41) is 0.439. The second-order valence-electron chi connectivity index (χ2n) is 5.10. The van der Waals surface area contributed by atoms with Gasteiger partial charge in [-0.15, -0.1) is 0 Å². The number of rotatable bonds is 7. The predicted molar refractivity (Wildman–Crippen MR) is 87.9 cm³/mol. The summed E-state index contributed by atoms with van der Waals surface area (Å²) in [5.41, 5.74) is 11.3. The number of carbonyl (C=O) groups excluding carboxylic acids is 1. The van der Waals surface area contributed by atoms with E-state index in [9.17, 15) is 4.79 Å². The van der Waals surface area contributed by atoms with E-state index < -0.39 is 0 Å². The molecule has 21 heavy (non-hydrogen) atoms. The van der Waals surface area contributed by atoms with Crippen LogP contribution in [0.15, 0.2) is 11.2 Å². The summed E-state index contributed by atoms with van der Waals surface area (Å²) in [6, 6.07) is 1.94. The number of hydrogen-bond donors (Lipinski definition) is 2. The van der Waals surface area contributed by atoms with E-state index in [2.05, 4.69) is 37.7 Å². The number of thioether (sulfide) groups is 1. The van der Waals surface area contributed by atoms with Gasteiger partial charge < -0.3 is 16.4 Å². The number of amides is 1. The second kappa shape index (κ2) is 8.07. The molecule has 0 bridgehead atoms. The Kier molecular flexibility index (Phi) is 6.74. The predicted octanol–water partition coefficient (Wildman–Crippen LogP) is 2.16. The zero-order chi connectivity index (χ0) is 16.0. The summed E-state index contributed by atoms with van der Waals surface area (Å²) < 4.78 is 0. The molecule has 1 heterocycles. The minimum atomic E-state index is 0.0910. The van der Waals surface area contributed by atoms with Crippen molar-refractivity contribution in [1.82, 2.24) is 14.9 Å². The maximum atomic E-state index is 12.5. The summed E-state index contributed by atoms with van der Waals surface area (Å²) in [7, 11) is 0. The Labute approximate surface area is 130 Å². The number of anilines is 2. The Hall–Kier alpha value is -1.50. The third-order valence-electron chi connectivity index (χ3n) is 3.49. The quantitative estimate of drug-likeness (QED) is 0.591. The third-order valence-corrected chi connectivity index (χ3v) is 4.32. The van der Waals surface area contributed by atoms with Gasteiger partial charge in [-0.2, -0.15) is 0 Å². The van der Waals surface area contributed by atoms with Crippen LogP contribution in [-0.4, -0.2) is 38.6 Å². The van der Waals surface area contributed by atoms with Gasteiger partial charge in [0.25, 0.3) is 0 Å². The summed E-state index contributed by atoms with van der Waals surface area (Å²) in [4.78, 5) is 22.6. The number of nitrogens with two attached hydrogens (primary N) is 2. The van der Waals surface area contributed by atoms with E-state index in [0.29, 0.717) is 16.8 Å². The van der Waals surface area contributed by atoms with E-state index in [1.54, 1.807) is 0 Å². The summed E-state index contributed by atoms with van der Waals surface area (Å²) >= 11 is 1.27. The lowest BCUT2D eigenvalue weighted by Gasteiger charge is -2.34. The number of hydrogen-bond acceptors (Lipinski definition) is 6.